The first-order valence-corrected chi connectivity index (χ1v) is 9.57. The molecule has 5 nitrogen and oxygen atoms in total. The van der Waals surface area contributed by atoms with Gasteiger partial charge in [0, 0.05) is 31.1 Å². The van der Waals surface area contributed by atoms with Crippen molar-refractivity contribution in [3.8, 4) is 0 Å². The highest BCUT2D eigenvalue weighted by Crippen LogP contribution is 2.22. The number of hydrogen-bond acceptors (Lipinski definition) is 3. The zero-order valence-corrected chi connectivity index (χ0v) is 14.2. The fourth-order valence-corrected chi connectivity index (χ4v) is 3.28. The van der Waals surface area contributed by atoms with Gasteiger partial charge in [0.1, 0.15) is 0 Å². The fourth-order valence-electron chi connectivity index (χ4n) is 2.68. The molecule has 1 amide bonds. The Morgan fingerprint density at radius 1 is 1.36 bits per heavy atom. The van der Waals surface area contributed by atoms with Crippen LogP contribution in [-0.2, 0) is 21.2 Å². The van der Waals surface area contributed by atoms with Gasteiger partial charge < -0.3 is 4.90 Å². The Morgan fingerprint density at radius 2 is 2.05 bits per heavy atom. The van der Waals surface area contributed by atoms with Gasteiger partial charge in [0.15, 0.2) is 0 Å². The lowest BCUT2D eigenvalue weighted by atomic mass is 9.99. The molecule has 1 N–H and O–H groups in total. The third-order valence-electron chi connectivity index (χ3n) is 3.78. The Kier molecular flexibility index (Phi) is 5.83. The number of carbonyl (C=O) groups excluding carboxylic acids is 1. The fraction of sp³-hybridized carbons (Fsp3) is 0.533. The van der Waals surface area contributed by atoms with Gasteiger partial charge in [0.2, 0.25) is 15.9 Å². The summed E-state index contributed by atoms with van der Waals surface area (Å²) in [4.78, 5) is 13.9. The molecule has 0 aliphatic carbocycles. The zero-order chi connectivity index (χ0) is 16.2. The molecule has 1 aliphatic heterocycles. The first-order chi connectivity index (χ1) is 10.3. The van der Waals surface area contributed by atoms with Crippen molar-refractivity contribution in [1.82, 2.24) is 9.62 Å². The molecule has 1 aromatic rings. The predicted octanol–water partition coefficient (Wildman–Crippen LogP) is 1.67. The van der Waals surface area contributed by atoms with Crippen LogP contribution in [0.25, 0.3) is 0 Å². The van der Waals surface area contributed by atoms with Gasteiger partial charge >= 0.3 is 0 Å². The van der Waals surface area contributed by atoms with Crippen molar-refractivity contribution in [2.45, 2.75) is 19.3 Å². The first-order valence-electron chi connectivity index (χ1n) is 7.30. The Balaban J connectivity index is 1.77. The number of amides is 1. The average Bonchev–Trinajstić information content (AvgIpc) is 2.88. The predicted molar refractivity (Wildman–Crippen MR) is 87.3 cm³/mol. The Bertz CT molecular complexity index is 616. The maximum Gasteiger partial charge on any atom is 0.223 e. The molecule has 1 unspecified atom stereocenters. The molecule has 0 bridgehead atoms. The lowest BCUT2D eigenvalue weighted by Crippen LogP contribution is -2.33. The number of benzene rings is 1. The van der Waals surface area contributed by atoms with E-state index in [0.717, 1.165) is 37.2 Å². The van der Waals surface area contributed by atoms with Crippen LogP contribution in [0.1, 0.15) is 18.4 Å². The Hall–Kier alpha value is -1.11. The van der Waals surface area contributed by atoms with Crippen LogP contribution in [0, 0.1) is 5.92 Å². The first kappa shape index (κ1) is 17.2. The second kappa shape index (κ2) is 7.44. The molecule has 1 saturated heterocycles. The molecule has 2 rings (SSSR count). The smallest absolute Gasteiger partial charge is 0.223 e. The number of nitrogens with zero attached hydrogens (tertiary/aromatic N) is 1. The summed E-state index contributed by atoms with van der Waals surface area (Å²) in [6.45, 7) is 1.65. The third kappa shape index (κ3) is 5.59. The summed E-state index contributed by atoms with van der Waals surface area (Å²) >= 11 is 5.87. The van der Waals surface area contributed by atoms with Gasteiger partial charge in [-0.05, 0) is 36.5 Å². The van der Waals surface area contributed by atoms with E-state index in [2.05, 4.69) is 4.72 Å². The molecular formula is C15H21ClN2O3S. The number of halogens is 1. The highest BCUT2D eigenvalue weighted by molar-refractivity contribution is 7.88. The molecule has 0 aromatic heterocycles. The van der Waals surface area contributed by atoms with Crippen molar-refractivity contribution < 1.29 is 13.2 Å². The van der Waals surface area contributed by atoms with Crippen LogP contribution in [0.15, 0.2) is 24.3 Å². The van der Waals surface area contributed by atoms with Crippen LogP contribution in [0.2, 0.25) is 5.02 Å². The molecular weight excluding hydrogens is 324 g/mol. The number of nitrogens with one attached hydrogen (secondary N) is 1. The molecule has 0 spiro atoms. The van der Waals surface area contributed by atoms with Gasteiger partial charge in [-0.1, -0.05) is 23.7 Å². The second-order valence-electron chi connectivity index (χ2n) is 5.74. The molecule has 1 aromatic carbocycles. The average molecular weight is 345 g/mol. The van der Waals surface area contributed by atoms with E-state index in [4.69, 9.17) is 11.6 Å². The summed E-state index contributed by atoms with van der Waals surface area (Å²) in [5.74, 6) is 0.461. The van der Waals surface area contributed by atoms with E-state index in [1.54, 1.807) is 0 Å². The maximum absolute atomic E-state index is 12.0. The van der Waals surface area contributed by atoms with E-state index in [0.29, 0.717) is 5.92 Å². The van der Waals surface area contributed by atoms with Crippen molar-refractivity contribution in [3.63, 3.8) is 0 Å². The number of sulfonamides is 1. The quantitative estimate of drug-likeness (QED) is 0.853. The zero-order valence-electron chi connectivity index (χ0n) is 12.6. The Labute approximate surface area is 136 Å². The molecule has 0 saturated carbocycles. The van der Waals surface area contributed by atoms with Crippen molar-refractivity contribution >= 4 is 27.5 Å². The Morgan fingerprint density at radius 3 is 2.68 bits per heavy atom. The number of likely N-dealkylation sites (tertiary alicyclic amines) is 1. The van der Waals surface area contributed by atoms with E-state index >= 15 is 0 Å². The number of rotatable bonds is 6. The molecule has 1 heterocycles. The van der Waals surface area contributed by atoms with Crippen LogP contribution in [0.3, 0.4) is 0 Å². The van der Waals surface area contributed by atoms with Crippen molar-refractivity contribution in [2.75, 3.05) is 25.9 Å². The summed E-state index contributed by atoms with van der Waals surface area (Å²) in [5.41, 5.74) is 1.22. The highest BCUT2D eigenvalue weighted by Gasteiger charge is 2.26. The van der Waals surface area contributed by atoms with Gasteiger partial charge in [0.25, 0.3) is 0 Å². The summed E-state index contributed by atoms with van der Waals surface area (Å²) in [6.07, 6.45) is 3.21. The monoisotopic (exact) mass is 344 g/mol. The van der Waals surface area contributed by atoms with Gasteiger partial charge in [-0.25, -0.2) is 13.1 Å². The topological polar surface area (TPSA) is 66.5 Å². The SMILES string of the molecule is CS(=O)(=O)NCCC(=O)N1CCC(Cc2ccc(Cl)cc2)C1. The maximum atomic E-state index is 12.0. The summed E-state index contributed by atoms with van der Waals surface area (Å²) < 4.78 is 24.3. The third-order valence-corrected chi connectivity index (χ3v) is 4.76. The van der Waals surface area contributed by atoms with Gasteiger partial charge in [-0.15, -0.1) is 0 Å². The highest BCUT2D eigenvalue weighted by atomic mass is 35.5. The molecule has 1 aliphatic rings. The van der Waals surface area contributed by atoms with Crippen LogP contribution < -0.4 is 4.72 Å². The molecule has 0 radical (unpaired) electrons. The van der Waals surface area contributed by atoms with Crippen LogP contribution in [0.5, 0.6) is 0 Å². The van der Waals surface area contributed by atoms with Crippen LogP contribution in [-0.4, -0.2) is 45.1 Å². The van der Waals surface area contributed by atoms with Crippen molar-refractivity contribution in [2.24, 2.45) is 5.92 Å². The largest absolute Gasteiger partial charge is 0.342 e. The molecule has 122 valence electrons. The molecule has 22 heavy (non-hydrogen) atoms. The van der Waals surface area contributed by atoms with E-state index in [9.17, 15) is 13.2 Å². The second-order valence-corrected chi connectivity index (χ2v) is 8.01. The minimum absolute atomic E-state index is 0.00903. The van der Waals surface area contributed by atoms with Crippen LogP contribution >= 0.6 is 11.6 Å². The van der Waals surface area contributed by atoms with E-state index < -0.39 is 10.0 Å². The van der Waals surface area contributed by atoms with E-state index in [1.165, 1.54) is 5.56 Å². The number of carbonyl (C=O) groups is 1. The molecule has 7 heteroatoms. The summed E-state index contributed by atoms with van der Waals surface area (Å²) in [7, 11) is -3.23. The minimum atomic E-state index is -3.23. The van der Waals surface area contributed by atoms with Crippen molar-refractivity contribution in [1.29, 1.82) is 0 Å². The molecule has 1 fully saturated rings. The van der Waals surface area contributed by atoms with Crippen molar-refractivity contribution in [3.05, 3.63) is 34.9 Å². The standard InChI is InChI=1S/C15H21ClN2O3S/c1-22(20,21)17-8-6-15(19)18-9-7-13(11-18)10-12-2-4-14(16)5-3-12/h2-5,13,17H,6-11H2,1H3. The molecule has 1 atom stereocenters. The number of hydrogen-bond donors (Lipinski definition) is 1. The lowest BCUT2D eigenvalue weighted by Gasteiger charge is -2.16. The normalized spacial score (nSPS) is 18.6. The van der Waals surface area contributed by atoms with Gasteiger partial charge in [0.05, 0.1) is 6.26 Å². The van der Waals surface area contributed by atoms with Gasteiger partial charge in [-0.3, -0.25) is 4.79 Å². The summed E-state index contributed by atoms with van der Waals surface area (Å²) in [6, 6.07) is 7.79. The van der Waals surface area contributed by atoms with Crippen LogP contribution in [0.4, 0.5) is 0 Å². The summed E-state index contributed by atoms with van der Waals surface area (Å²) in [5, 5.41) is 0.727. The van der Waals surface area contributed by atoms with E-state index in [1.807, 2.05) is 29.2 Å². The van der Waals surface area contributed by atoms with Gasteiger partial charge in [-0.2, -0.15) is 0 Å². The van der Waals surface area contributed by atoms with E-state index in [-0.39, 0.29) is 18.9 Å². The lowest BCUT2D eigenvalue weighted by molar-refractivity contribution is -0.130. The minimum Gasteiger partial charge on any atom is -0.342 e.